The van der Waals surface area contributed by atoms with Gasteiger partial charge in [0, 0.05) is 29.2 Å². The fraction of sp³-hybridized carbons (Fsp3) is 0.250. The van der Waals surface area contributed by atoms with Gasteiger partial charge in [-0.25, -0.2) is 9.79 Å². The minimum atomic E-state index is -0.911. The Labute approximate surface area is 204 Å². The van der Waals surface area contributed by atoms with Crippen LogP contribution >= 0.6 is 15.9 Å². The Morgan fingerprint density at radius 2 is 1.94 bits per heavy atom. The van der Waals surface area contributed by atoms with E-state index in [1.807, 2.05) is 12.1 Å². The van der Waals surface area contributed by atoms with Gasteiger partial charge in [-0.3, -0.25) is 9.59 Å². The van der Waals surface area contributed by atoms with Crippen molar-refractivity contribution in [1.29, 1.82) is 0 Å². The van der Waals surface area contributed by atoms with Crippen molar-refractivity contribution in [2.24, 2.45) is 10.7 Å². The summed E-state index contributed by atoms with van der Waals surface area (Å²) in [6, 6.07) is 12.1. The molecular weight excluding hydrogens is 504 g/mol. The summed E-state index contributed by atoms with van der Waals surface area (Å²) in [4.78, 5) is 43.4. The van der Waals surface area contributed by atoms with Gasteiger partial charge in [0.15, 0.2) is 5.70 Å². The number of likely N-dealkylation sites (tertiary alicyclic amines) is 1. The second-order valence-corrected chi connectivity index (χ2v) is 8.97. The molecule has 2 aliphatic rings. The minimum Gasteiger partial charge on any atom is -0.508 e. The summed E-state index contributed by atoms with van der Waals surface area (Å²) in [6.45, 7) is 0.553. The largest absolute Gasteiger partial charge is 0.508 e. The molecular formula is C24H23BrN4O5. The fourth-order valence-electron chi connectivity index (χ4n) is 3.86. The van der Waals surface area contributed by atoms with E-state index >= 15 is 0 Å². The van der Waals surface area contributed by atoms with Crippen molar-refractivity contribution in [3.63, 3.8) is 0 Å². The van der Waals surface area contributed by atoms with E-state index in [1.54, 1.807) is 29.2 Å². The first-order valence-corrected chi connectivity index (χ1v) is 11.5. The monoisotopic (exact) mass is 526 g/mol. The molecule has 34 heavy (non-hydrogen) atoms. The number of halogens is 1. The van der Waals surface area contributed by atoms with E-state index in [-0.39, 0.29) is 29.7 Å². The lowest BCUT2D eigenvalue weighted by atomic mass is 10.0. The van der Waals surface area contributed by atoms with Crippen molar-refractivity contribution >= 4 is 39.6 Å². The van der Waals surface area contributed by atoms with Gasteiger partial charge in [-0.15, -0.1) is 0 Å². The fourth-order valence-corrected chi connectivity index (χ4v) is 4.12. The average molecular weight is 527 g/mol. The van der Waals surface area contributed by atoms with Gasteiger partial charge >= 0.3 is 5.97 Å². The lowest BCUT2D eigenvalue weighted by molar-refractivity contribution is -0.130. The zero-order valence-electron chi connectivity index (χ0n) is 18.1. The summed E-state index contributed by atoms with van der Waals surface area (Å²) in [5, 5.41) is 12.2. The predicted molar refractivity (Wildman–Crippen MR) is 128 cm³/mol. The molecule has 0 radical (unpaired) electrons. The lowest BCUT2D eigenvalue weighted by Gasteiger charge is -2.24. The molecule has 176 valence electrons. The van der Waals surface area contributed by atoms with Crippen molar-refractivity contribution in [2.75, 3.05) is 6.54 Å². The number of carbonyl (C=O) groups excluding carboxylic acids is 3. The van der Waals surface area contributed by atoms with Crippen molar-refractivity contribution in [3.8, 4) is 5.75 Å². The molecule has 2 atom stereocenters. The number of benzene rings is 2. The first kappa shape index (κ1) is 23.5. The number of nitrogens with zero attached hydrogens (tertiary/aromatic N) is 2. The van der Waals surface area contributed by atoms with E-state index in [0.717, 1.165) is 16.5 Å². The van der Waals surface area contributed by atoms with Crippen LogP contribution in [0.3, 0.4) is 0 Å². The molecule has 0 aromatic heterocycles. The summed E-state index contributed by atoms with van der Waals surface area (Å²) < 4.78 is 6.19. The smallest absolute Gasteiger partial charge is 0.365 e. The van der Waals surface area contributed by atoms with Gasteiger partial charge in [0.1, 0.15) is 17.8 Å². The topological polar surface area (TPSA) is 134 Å². The number of esters is 1. The van der Waals surface area contributed by atoms with Crippen LogP contribution in [0.4, 0.5) is 0 Å². The summed E-state index contributed by atoms with van der Waals surface area (Å²) in [6.07, 6.45) is 3.02. The predicted octanol–water partition coefficient (Wildman–Crippen LogP) is 1.98. The van der Waals surface area contributed by atoms with E-state index < -0.39 is 24.0 Å². The molecule has 2 aromatic rings. The van der Waals surface area contributed by atoms with Gasteiger partial charge < -0.3 is 25.8 Å². The van der Waals surface area contributed by atoms with Gasteiger partial charge in [0.2, 0.25) is 17.7 Å². The number of aromatic hydroxyl groups is 1. The molecule has 4 rings (SSSR count). The van der Waals surface area contributed by atoms with E-state index in [9.17, 15) is 19.5 Å². The Hall–Kier alpha value is -3.66. The van der Waals surface area contributed by atoms with Gasteiger partial charge in [0.25, 0.3) is 0 Å². The number of ether oxygens (including phenoxy) is 1. The molecule has 4 N–H and O–H groups in total. The molecule has 0 bridgehead atoms. The average Bonchev–Trinajstić information content (AvgIpc) is 3.42. The third-order valence-corrected chi connectivity index (χ3v) is 6.16. The maximum absolute atomic E-state index is 13.0. The Kier molecular flexibility index (Phi) is 6.97. The van der Waals surface area contributed by atoms with Crippen LogP contribution in [0.15, 0.2) is 69.9 Å². The number of hydrogen-bond donors (Lipinski definition) is 3. The number of phenolic OH excluding ortho intramolecular Hbond substituents is 1. The SMILES string of the molecule is NC(=O)[C@H](Cc1ccc(O)cc1)NC(=O)[C@@H]1CCCN1C=C1N=C(c2ccc(Br)cc2)OC1=O. The van der Waals surface area contributed by atoms with Crippen LogP contribution in [0.1, 0.15) is 24.0 Å². The number of primary amides is 1. The summed E-state index contributed by atoms with van der Waals surface area (Å²) in [7, 11) is 0. The highest BCUT2D eigenvalue weighted by Gasteiger charge is 2.33. The van der Waals surface area contributed by atoms with Crippen LogP contribution in [-0.4, -0.2) is 52.3 Å². The molecule has 2 aromatic carbocycles. The van der Waals surface area contributed by atoms with Crippen LogP contribution < -0.4 is 11.1 Å². The molecule has 2 aliphatic heterocycles. The molecule has 0 spiro atoms. The van der Waals surface area contributed by atoms with E-state index in [1.165, 1.54) is 18.3 Å². The van der Waals surface area contributed by atoms with E-state index in [2.05, 4.69) is 26.2 Å². The standard InChI is InChI=1S/C24H23BrN4O5/c25-16-7-5-15(6-8-16)23-28-19(24(33)34-23)13-29-11-1-2-20(29)22(32)27-18(21(26)31)12-14-3-9-17(30)10-4-14/h3-10,13,18,20,30H,1-2,11-12H2,(H2,26,31)(H,27,32)/t18-,20-/m0/s1. The molecule has 0 saturated carbocycles. The molecule has 1 saturated heterocycles. The number of rotatable bonds is 7. The van der Waals surface area contributed by atoms with Crippen LogP contribution in [-0.2, 0) is 25.5 Å². The quantitative estimate of drug-likeness (QED) is 0.373. The third-order valence-electron chi connectivity index (χ3n) is 5.63. The number of nitrogens with two attached hydrogens (primary N) is 1. The van der Waals surface area contributed by atoms with Crippen LogP contribution in [0.5, 0.6) is 5.75 Å². The Morgan fingerprint density at radius 1 is 1.24 bits per heavy atom. The van der Waals surface area contributed by atoms with E-state index in [0.29, 0.717) is 18.5 Å². The van der Waals surface area contributed by atoms with Crippen molar-refractivity contribution in [3.05, 3.63) is 76.0 Å². The van der Waals surface area contributed by atoms with Gasteiger partial charge in [-0.2, -0.15) is 0 Å². The summed E-state index contributed by atoms with van der Waals surface area (Å²) in [5.41, 5.74) is 7.03. The van der Waals surface area contributed by atoms with Gasteiger partial charge in [-0.1, -0.05) is 28.1 Å². The van der Waals surface area contributed by atoms with Gasteiger partial charge in [0.05, 0.1) is 0 Å². The highest BCUT2D eigenvalue weighted by Crippen LogP contribution is 2.23. The van der Waals surface area contributed by atoms with Crippen molar-refractivity contribution in [2.45, 2.75) is 31.3 Å². The third kappa shape index (κ3) is 5.45. The number of aliphatic imine (C=N–C) groups is 1. The molecule has 2 amide bonds. The maximum Gasteiger partial charge on any atom is 0.365 e. The zero-order chi connectivity index (χ0) is 24.2. The Balaban J connectivity index is 1.46. The molecule has 0 unspecified atom stereocenters. The van der Waals surface area contributed by atoms with Crippen LogP contribution in [0.2, 0.25) is 0 Å². The molecule has 9 nitrogen and oxygen atoms in total. The minimum absolute atomic E-state index is 0.105. The van der Waals surface area contributed by atoms with Gasteiger partial charge in [-0.05, 0) is 54.8 Å². The second-order valence-electron chi connectivity index (χ2n) is 8.06. The summed E-state index contributed by atoms with van der Waals surface area (Å²) in [5.74, 6) is -1.31. The highest BCUT2D eigenvalue weighted by molar-refractivity contribution is 9.10. The number of hydrogen-bond acceptors (Lipinski definition) is 7. The maximum atomic E-state index is 13.0. The van der Waals surface area contributed by atoms with Crippen molar-refractivity contribution in [1.82, 2.24) is 10.2 Å². The Morgan fingerprint density at radius 3 is 2.62 bits per heavy atom. The molecule has 10 heteroatoms. The number of phenols is 1. The molecule has 0 aliphatic carbocycles. The molecule has 1 fully saturated rings. The number of carbonyl (C=O) groups is 3. The second kappa shape index (κ2) is 10.1. The van der Waals surface area contributed by atoms with E-state index in [4.69, 9.17) is 10.5 Å². The number of cyclic esters (lactones) is 1. The highest BCUT2D eigenvalue weighted by atomic mass is 79.9. The Bertz CT molecular complexity index is 1160. The van der Waals surface area contributed by atoms with Crippen LogP contribution in [0, 0.1) is 0 Å². The number of amides is 2. The van der Waals surface area contributed by atoms with Crippen molar-refractivity contribution < 1.29 is 24.2 Å². The zero-order valence-corrected chi connectivity index (χ0v) is 19.7. The first-order chi connectivity index (χ1) is 16.3. The molecule has 2 heterocycles. The normalized spacial score (nSPS) is 19.6. The lowest BCUT2D eigenvalue weighted by Crippen LogP contribution is -2.51. The summed E-state index contributed by atoms with van der Waals surface area (Å²) >= 11 is 3.36. The first-order valence-electron chi connectivity index (χ1n) is 10.7. The number of nitrogens with one attached hydrogen (secondary N) is 1. The van der Waals surface area contributed by atoms with Crippen LogP contribution in [0.25, 0.3) is 0 Å².